The van der Waals surface area contributed by atoms with E-state index in [0.29, 0.717) is 42.6 Å². The molecular formula is C25H23ClFN3O3. The lowest BCUT2D eigenvalue weighted by atomic mass is 10.1. The Hall–Kier alpha value is -3.58. The van der Waals surface area contributed by atoms with Crippen LogP contribution < -0.4 is 15.0 Å². The number of ether oxygens (including phenoxy) is 1. The molecule has 4 rings (SSSR count). The van der Waals surface area contributed by atoms with Crippen molar-refractivity contribution in [1.82, 2.24) is 4.90 Å². The number of hydrogen-bond acceptors (Lipinski definition) is 4. The van der Waals surface area contributed by atoms with Gasteiger partial charge in [-0.2, -0.15) is 0 Å². The summed E-state index contributed by atoms with van der Waals surface area (Å²) in [4.78, 5) is 28.9. The molecular weight excluding hydrogens is 445 g/mol. The number of rotatable bonds is 6. The Bertz CT molecular complexity index is 1130. The molecule has 0 spiro atoms. The predicted octanol–water partition coefficient (Wildman–Crippen LogP) is 4.46. The first kappa shape index (κ1) is 22.6. The molecule has 0 radical (unpaired) electrons. The van der Waals surface area contributed by atoms with Crippen molar-refractivity contribution < 1.29 is 18.7 Å². The van der Waals surface area contributed by atoms with Gasteiger partial charge in [0.25, 0.3) is 11.8 Å². The highest BCUT2D eigenvalue weighted by Gasteiger charge is 2.25. The smallest absolute Gasteiger partial charge is 0.262 e. The van der Waals surface area contributed by atoms with Crippen LogP contribution in [0.5, 0.6) is 5.75 Å². The number of anilines is 2. The monoisotopic (exact) mass is 467 g/mol. The fourth-order valence-corrected chi connectivity index (χ4v) is 3.86. The van der Waals surface area contributed by atoms with Crippen molar-refractivity contribution in [3.05, 3.63) is 89.2 Å². The van der Waals surface area contributed by atoms with Crippen molar-refractivity contribution in [2.24, 2.45) is 0 Å². The van der Waals surface area contributed by atoms with Crippen LogP contribution in [0.25, 0.3) is 0 Å². The molecule has 1 aliphatic rings. The van der Waals surface area contributed by atoms with Crippen LogP contribution in [0.4, 0.5) is 15.8 Å². The molecule has 3 aromatic rings. The number of hydrogen-bond donors (Lipinski definition) is 1. The SMILES string of the molecule is O=C(COc1ccccc1)Nc1cc(Cl)ccc1N1CCN(C(=O)c2ccccc2F)CC1. The third-order valence-electron chi connectivity index (χ3n) is 5.36. The van der Waals surface area contributed by atoms with Gasteiger partial charge in [0.15, 0.2) is 6.61 Å². The molecule has 0 atom stereocenters. The average molecular weight is 468 g/mol. The Kier molecular flexibility index (Phi) is 7.10. The Balaban J connectivity index is 1.40. The maximum absolute atomic E-state index is 14.0. The third kappa shape index (κ3) is 5.62. The summed E-state index contributed by atoms with van der Waals surface area (Å²) >= 11 is 6.17. The average Bonchev–Trinajstić information content (AvgIpc) is 2.84. The molecule has 0 aromatic heterocycles. The van der Waals surface area contributed by atoms with Crippen molar-refractivity contribution in [3.8, 4) is 5.75 Å². The Morgan fingerprint density at radius 1 is 0.939 bits per heavy atom. The second kappa shape index (κ2) is 10.4. The molecule has 0 bridgehead atoms. The first-order valence-electron chi connectivity index (χ1n) is 10.6. The van der Waals surface area contributed by atoms with Gasteiger partial charge in [-0.05, 0) is 42.5 Å². The van der Waals surface area contributed by atoms with Crippen LogP contribution in [-0.2, 0) is 4.79 Å². The minimum absolute atomic E-state index is 0.0730. The molecule has 3 aromatic carbocycles. The van der Waals surface area contributed by atoms with Crippen molar-refractivity contribution >= 4 is 34.8 Å². The molecule has 1 N–H and O–H groups in total. The molecule has 0 saturated carbocycles. The van der Waals surface area contributed by atoms with E-state index in [1.165, 1.54) is 12.1 Å². The lowest BCUT2D eigenvalue weighted by Crippen LogP contribution is -2.49. The molecule has 0 aliphatic carbocycles. The van der Waals surface area contributed by atoms with Gasteiger partial charge < -0.3 is 19.9 Å². The summed E-state index contributed by atoms with van der Waals surface area (Å²) < 4.78 is 19.5. The van der Waals surface area contributed by atoms with E-state index in [-0.39, 0.29) is 24.0 Å². The van der Waals surface area contributed by atoms with Gasteiger partial charge in [-0.15, -0.1) is 0 Å². The number of halogens is 2. The summed E-state index contributed by atoms with van der Waals surface area (Å²) in [5.74, 6) is -0.550. The highest BCUT2D eigenvalue weighted by Crippen LogP contribution is 2.30. The van der Waals surface area contributed by atoms with Gasteiger partial charge in [0.1, 0.15) is 11.6 Å². The quantitative estimate of drug-likeness (QED) is 0.581. The van der Waals surface area contributed by atoms with E-state index in [1.807, 2.05) is 24.3 Å². The number of amides is 2. The van der Waals surface area contributed by atoms with Gasteiger partial charge >= 0.3 is 0 Å². The van der Waals surface area contributed by atoms with E-state index >= 15 is 0 Å². The fraction of sp³-hybridized carbons (Fsp3) is 0.200. The lowest BCUT2D eigenvalue weighted by Gasteiger charge is -2.37. The first-order chi connectivity index (χ1) is 16.0. The van der Waals surface area contributed by atoms with Crippen molar-refractivity contribution in [2.45, 2.75) is 0 Å². The second-order valence-electron chi connectivity index (χ2n) is 7.57. The van der Waals surface area contributed by atoms with E-state index in [9.17, 15) is 14.0 Å². The molecule has 1 aliphatic heterocycles. The predicted molar refractivity (Wildman–Crippen MR) is 127 cm³/mol. The van der Waals surface area contributed by atoms with Crippen molar-refractivity contribution in [1.29, 1.82) is 0 Å². The van der Waals surface area contributed by atoms with Crippen LogP contribution in [-0.4, -0.2) is 49.5 Å². The van der Waals surface area contributed by atoms with Crippen LogP contribution in [0.2, 0.25) is 5.02 Å². The van der Waals surface area contributed by atoms with Crippen LogP contribution >= 0.6 is 11.6 Å². The number of nitrogens with zero attached hydrogens (tertiary/aromatic N) is 2. The highest BCUT2D eigenvalue weighted by atomic mass is 35.5. The number of benzene rings is 3. The van der Waals surface area contributed by atoms with Crippen molar-refractivity contribution in [3.63, 3.8) is 0 Å². The number of piperazine rings is 1. The van der Waals surface area contributed by atoms with Crippen molar-refractivity contribution in [2.75, 3.05) is 43.0 Å². The van der Waals surface area contributed by atoms with Gasteiger partial charge in [-0.1, -0.05) is 41.9 Å². The van der Waals surface area contributed by atoms with Gasteiger partial charge in [0.2, 0.25) is 0 Å². The largest absolute Gasteiger partial charge is 0.484 e. The zero-order valence-corrected chi connectivity index (χ0v) is 18.6. The molecule has 1 heterocycles. The summed E-state index contributed by atoms with van der Waals surface area (Å²) in [6.45, 7) is 1.79. The minimum atomic E-state index is -0.523. The van der Waals surface area contributed by atoms with Crippen LogP contribution in [0, 0.1) is 5.82 Å². The van der Waals surface area contributed by atoms with Gasteiger partial charge in [0.05, 0.1) is 16.9 Å². The standard InChI is InChI=1S/C25H23ClFN3O3/c26-18-10-11-23(22(16-18)28-24(31)17-33-19-6-2-1-3-7-19)29-12-14-30(15-13-29)25(32)20-8-4-5-9-21(20)27/h1-11,16H,12-15,17H2,(H,28,31). The Labute approximate surface area is 196 Å². The first-order valence-corrected chi connectivity index (χ1v) is 10.9. The number of nitrogens with one attached hydrogen (secondary N) is 1. The Morgan fingerprint density at radius 2 is 1.64 bits per heavy atom. The van der Waals surface area contributed by atoms with Gasteiger partial charge in [-0.3, -0.25) is 9.59 Å². The van der Waals surface area contributed by atoms with Gasteiger partial charge in [0, 0.05) is 31.2 Å². The second-order valence-corrected chi connectivity index (χ2v) is 8.01. The summed E-state index contributed by atoms with van der Waals surface area (Å²) in [7, 11) is 0. The molecule has 170 valence electrons. The fourth-order valence-electron chi connectivity index (χ4n) is 3.69. The van der Waals surface area contributed by atoms with Gasteiger partial charge in [-0.25, -0.2) is 4.39 Å². The minimum Gasteiger partial charge on any atom is -0.484 e. The van der Waals surface area contributed by atoms with Crippen LogP contribution in [0.1, 0.15) is 10.4 Å². The molecule has 1 fully saturated rings. The number of para-hydroxylation sites is 1. The maximum atomic E-state index is 14.0. The molecule has 6 nitrogen and oxygen atoms in total. The van der Waals surface area contributed by atoms with E-state index < -0.39 is 5.82 Å². The zero-order valence-electron chi connectivity index (χ0n) is 17.8. The normalized spacial score (nSPS) is 13.5. The van der Waals surface area contributed by atoms with Crippen LogP contribution in [0.15, 0.2) is 72.8 Å². The number of carbonyl (C=O) groups excluding carboxylic acids is 2. The Morgan fingerprint density at radius 3 is 2.36 bits per heavy atom. The summed E-state index contributed by atoms with van der Waals surface area (Å²) in [5.41, 5.74) is 1.44. The van der Waals surface area contributed by atoms with E-state index in [4.69, 9.17) is 16.3 Å². The topological polar surface area (TPSA) is 61.9 Å². The molecule has 0 unspecified atom stereocenters. The number of carbonyl (C=O) groups is 2. The summed E-state index contributed by atoms with van der Waals surface area (Å²) in [5, 5.41) is 3.36. The molecule has 8 heteroatoms. The highest BCUT2D eigenvalue weighted by molar-refractivity contribution is 6.31. The summed E-state index contributed by atoms with van der Waals surface area (Å²) in [6, 6.07) is 20.4. The maximum Gasteiger partial charge on any atom is 0.262 e. The third-order valence-corrected chi connectivity index (χ3v) is 5.59. The van der Waals surface area contributed by atoms with E-state index in [1.54, 1.807) is 41.3 Å². The lowest BCUT2D eigenvalue weighted by molar-refractivity contribution is -0.118. The molecule has 33 heavy (non-hydrogen) atoms. The molecule has 1 saturated heterocycles. The zero-order chi connectivity index (χ0) is 23.2. The van der Waals surface area contributed by atoms with E-state index in [2.05, 4.69) is 10.2 Å². The molecule has 2 amide bonds. The summed E-state index contributed by atoms with van der Waals surface area (Å²) in [6.07, 6.45) is 0. The van der Waals surface area contributed by atoms with E-state index in [0.717, 1.165) is 5.69 Å². The van der Waals surface area contributed by atoms with Crippen LogP contribution in [0.3, 0.4) is 0 Å².